The molecular weight excluding hydrogens is 167 g/mol. The Bertz CT molecular complexity index is 248. The molecule has 1 aromatic rings. The maximum Gasteiger partial charge on any atom is 0.130 e. The molecule has 0 unspecified atom stereocenters. The lowest BCUT2D eigenvalue weighted by Crippen LogP contribution is -1.97. The summed E-state index contributed by atoms with van der Waals surface area (Å²) in [6, 6.07) is 7.07. The molecule has 0 atom stereocenters. The van der Waals surface area contributed by atoms with E-state index in [0.717, 1.165) is 19.3 Å². The molecule has 1 aromatic carbocycles. The Morgan fingerprint density at radius 1 is 1.46 bits per heavy atom. The summed E-state index contributed by atoms with van der Waals surface area (Å²) in [6.45, 7) is 2.78. The number of hydrogen-bond donors (Lipinski definition) is 0. The number of ether oxygens (including phenoxy) is 1. The van der Waals surface area contributed by atoms with E-state index < -0.39 is 0 Å². The maximum absolute atomic E-state index is 12.6. The summed E-state index contributed by atoms with van der Waals surface area (Å²) < 4.78 is 17.9. The van der Waals surface area contributed by atoms with Gasteiger partial charge in [-0.3, -0.25) is 0 Å². The second kappa shape index (κ2) is 5.57. The van der Waals surface area contributed by atoms with Crippen LogP contribution < -0.4 is 4.74 Å². The lowest BCUT2D eigenvalue weighted by Gasteiger charge is -2.04. The zero-order valence-electron chi connectivity index (χ0n) is 7.85. The number of hydrogen-bond acceptors (Lipinski definition) is 1. The van der Waals surface area contributed by atoms with Gasteiger partial charge in [0.25, 0.3) is 0 Å². The minimum Gasteiger partial charge on any atom is -0.493 e. The molecule has 0 aliphatic rings. The van der Waals surface area contributed by atoms with Gasteiger partial charge in [-0.05, 0) is 18.6 Å². The number of halogens is 1. The monoisotopic (exact) mass is 181 g/mol. The van der Waals surface area contributed by atoms with Crippen molar-refractivity contribution in [2.24, 2.45) is 0 Å². The van der Waals surface area contributed by atoms with Crippen LogP contribution in [0.1, 0.15) is 26.2 Å². The van der Waals surface area contributed by atoms with Gasteiger partial charge >= 0.3 is 0 Å². The van der Waals surface area contributed by atoms with Crippen LogP contribution in [0.4, 0.5) is 4.39 Å². The average Bonchev–Trinajstić information content (AvgIpc) is 2.13. The number of unbranched alkanes of at least 4 members (excludes halogenated alkanes) is 2. The predicted octanol–water partition coefficient (Wildman–Crippen LogP) is 3.19. The Hall–Kier alpha value is -1.05. The summed E-state index contributed by atoms with van der Waals surface area (Å²) in [6.07, 6.45) is 3.33. The summed E-state index contributed by atoms with van der Waals surface area (Å²) in [5, 5.41) is 0. The third-order valence-corrected chi connectivity index (χ3v) is 1.74. The van der Waals surface area contributed by atoms with Crippen LogP contribution in [0.25, 0.3) is 0 Å². The van der Waals surface area contributed by atoms with Crippen LogP contribution in [-0.2, 0) is 0 Å². The fourth-order valence-electron chi connectivity index (χ4n) is 1.04. The van der Waals surface area contributed by atoms with Gasteiger partial charge in [0.1, 0.15) is 11.6 Å². The van der Waals surface area contributed by atoms with Crippen LogP contribution in [0.15, 0.2) is 18.2 Å². The molecule has 1 radical (unpaired) electrons. The average molecular weight is 181 g/mol. The summed E-state index contributed by atoms with van der Waals surface area (Å²) >= 11 is 0. The molecule has 0 amide bonds. The van der Waals surface area contributed by atoms with Crippen molar-refractivity contribution in [2.45, 2.75) is 26.2 Å². The van der Waals surface area contributed by atoms with Gasteiger partial charge in [0.05, 0.1) is 6.61 Å². The van der Waals surface area contributed by atoms with E-state index >= 15 is 0 Å². The van der Waals surface area contributed by atoms with E-state index in [1.165, 1.54) is 18.2 Å². The molecule has 0 spiro atoms. The molecule has 0 fully saturated rings. The highest BCUT2D eigenvalue weighted by Gasteiger charge is 1.95. The molecule has 0 saturated heterocycles. The minimum atomic E-state index is -0.274. The van der Waals surface area contributed by atoms with Gasteiger partial charge < -0.3 is 4.74 Å². The van der Waals surface area contributed by atoms with E-state index in [2.05, 4.69) is 13.0 Å². The molecule has 0 aliphatic carbocycles. The topological polar surface area (TPSA) is 9.23 Å². The Kier molecular flexibility index (Phi) is 4.30. The first-order chi connectivity index (χ1) is 6.33. The highest BCUT2D eigenvalue weighted by molar-refractivity contribution is 5.20. The molecule has 1 nitrogen and oxygen atoms in total. The Morgan fingerprint density at radius 3 is 3.00 bits per heavy atom. The minimum absolute atomic E-state index is 0.274. The molecule has 71 valence electrons. The third-order valence-electron chi connectivity index (χ3n) is 1.74. The highest BCUT2D eigenvalue weighted by atomic mass is 19.1. The van der Waals surface area contributed by atoms with E-state index in [1.807, 2.05) is 0 Å². The van der Waals surface area contributed by atoms with Gasteiger partial charge in [0.15, 0.2) is 0 Å². The molecule has 0 aromatic heterocycles. The molecule has 0 N–H and O–H groups in total. The zero-order chi connectivity index (χ0) is 9.52. The van der Waals surface area contributed by atoms with Gasteiger partial charge in [0.2, 0.25) is 0 Å². The molecule has 1 rings (SSSR count). The second-order valence-corrected chi connectivity index (χ2v) is 2.93. The molecule has 0 saturated carbocycles. The molecule has 2 heteroatoms. The Balaban J connectivity index is 2.28. The van der Waals surface area contributed by atoms with Crippen molar-refractivity contribution < 1.29 is 9.13 Å². The highest BCUT2D eigenvalue weighted by Crippen LogP contribution is 2.11. The van der Waals surface area contributed by atoms with Crippen LogP contribution in [-0.4, -0.2) is 6.61 Å². The fourth-order valence-corrected chi connectivity index (χ4v) is 1.04. The SMILES string of the molecule is CCCCCOc1[c]ccc(F)c1. The quantitative estimate of drug-likeness (QED) is 0.634. The Labute approximate surface area is 78.5 Å². The normalized spacial score (nSPS) is 10.0. The fraction of sp³-hybridized carbons (Fsp3) is 0.455. The zero-order valence-corrected chi connectivity index (χ0v) is 7.85. The van der Waals surface area contributed by atoms with Crippen molar-refractivity contribution in [1.82, 2.24) is 0 Å². The third kappa shape index (κ3) is 3.92. The number of benzene rings is 1. The van der Waals surface area contributed by atoms with E-state index in [4.69, 9.17) is 4.74 Å². The smallest absolute Gasteiger partial charge is 0.130 e. The molecule has 13 heavy (non-hydrogen) atoms. The first kappa shape index (κ1) is 10.0. The van der Waals surface area contributed by atoms with Crippen LogP contribution in [0.3, 0.4) is 0 Å². The van der Waals surface area contributed by atoms with Crippen molar-refractivity contribution in [3.63, 3.8) is 0 Å². The maximum atomic E-state index is 12.6. The first-order valence-corrected chi connectivity index (χ1v) is 4.63. The van der Waals surface area contributed by atoms with E-state index in [0.29, 0.717) is 12.4 Å². The van der Waals surface area contributed by atoms with Crippen LogP contribution in [0, 0.1) is 11.9 Å². The summed E-state index contributed by atoms with van der Waals surface area (Å²) in [7, 11) is 0. The van der Waals surface area contributed by atoms with Crippen molar-refractivity contribution in [3.8, 4) is 5.75 Å². The van der Waals surface area contributed by atoms with Crippen LogP contribution in [0.2, 0.25) is 0 Å². The molecule has 0 bridgehead atoms. The van der Waals surface area contributed by atoms with Crippen LogP contribution in [0.5, 0.6) is 5.75 Å². The standard InChI is InChI=1S/C11H14FO/c1-2-3-4-8-13-11-7-5-6-10(12)9-11/h5-6,9H,2-4,8H2,1H3. The second-order valence-electron chi connectivity index (χ2n) is 2.93. The lowest BCUT2D eigenvalue weighted by molar-refractivity contribution is 0.304. The van der Waals surface area contributed by atoms with Crippen molar-refractivity contribution >= 4 is 0 Å². The van der Waals surface area contributed by atoms with Gasteiger partial charge in [-0.1, -0.05) is 19.8 Å². The predicted molar refractivity (Wildman–Crippen MR) is 50.3 cm³/mol. The van der Waals surface area contributed by atoms with E-state index in [1.54, 1.807) is 0 Å². The Morgan fingerprint density at radius 2 is 2.31 bits per heavy atom. The molecule has 0 aliphatic heterocycles. The first-order valence-electron chi connectivity index (χ1n) is 4.63. The van der Waals surface area contributed by atoms with Gasteiger partial charge in [-0.2, -0.15) is 0 Å². The van der Waals surface area contributed by atoms with Crippen molar-refractivity contribution in [3.05, 3.63) is 30.1 Å². The summed E-state index contributed by atoms with van der Waals surface area (Å²) in [5.41, 5.74) is 0. The van der Waals surface area contributed by atoms with Crippen molar-refractivity contribution in [2.75, 3.05) is 6.61 Å². The van der Waals surface area contributed by atoms with E-state index in [-0.39, 0.29) is 5.82 Å². The van der Waals surface area contributed by atoms with Gasteiger partial charge in [-0.25, -0.2) is 4.39 Å². The van der Waals surface area contributed by atoms with Crippen LogP contribution >= 0.6 is 0 Å². The van der Waals surface area contributed by atoms with Gasteiger partial charge in [-0.15, -0.1) is 0 Å². The summed E-state index contributed by atoms with van der Waals surface area (Å²) in [4.78, 5) is 0. The van der Waals surface area contributed by atoms with Gasteiger partial charge in [0, 0.05) is 12.1 Å². The summed E-state index contributed by atoms with van der Waals surface area (Å²) in [5.74, 6) is 0.223. The largest absolute Gasteiger partial charge is 0.493 e. The number of rotatable bonds is 5. The molecular formula is C11H14FO. The lowest BCUT2D eigenvalue weighted by atomic mass is 10.3. The van der Waals surface area contributed by atoms with E-state index in [9.17, 15) is 4.39 Å². The van der Waals surface area contributed by atoms with Crippen molar-refractivity contribution in [1.29, 1.82) is 0 Å². The molecule has 0 heterocycles.